The first-order valence-corrected chi connectivity index (χ1v) is 11.8. The first-order chi connectivity index (χ1) is 16.6. The third kappa shape index (κ3) is 5.75. The first kappa shape index (κ1) is 23.8. The van der Waals surface area contributed by atoms with Gasteiger partial charge in [-0.2, -0.15) is 0 Å². The first-order valence-electron chi connectivity index (χ1n) is 11.4. The van der Waals surface area contributed by atoms with Crippen LogP contribution in [0.4, 0.5) is 5.69 Å². The van der Waals surface area contributed by atoms with E-state index in [0.717, 1.165) is 35.8 Å². The number of ether oxygens (including phenoxy) is 3. The van der Waals surface area contributed by atoms with E-state index in [2.05, 4.69) is 17.0 Å². The largest absolute Gasteiger partial charge is 0.497 e. The van der Waals surface area contributed by atoms with Gasteiger partial charge in [0, 0.05) is 48.0 Å². The number of carbonyl (C=O) groups excluding carboxylic acids is 1. The molecule has 3 aromatic carbocycles. The molecule has 1 saturated heterocycles. The van der Waals surface area contributed by atoms with Gasteiger partial charge in [-0.15, -0.1) is 0 Å². The Morgan fingerprint density at radius 1 is 0.882 bits per heavy atom. The van der Waals surface area contributed by atoms with Gasteiger partial charge in [-0.05, 0) is 73.7 Å². The molecule has 34 heavy (non-hydrogen) atoms. The van der Waals surface area contributed by atoms with E-state index in [1.165, 1.54) is 0 Å². The third-order valence-electron chi connectivity index (χ3n) is 5.82. The Balaban J connectivity index is 1.41. The van der Waals surface area contributed by atoms with Crippen molar-refractivity contribution in [3.8, 4) is 17.2 Å². The maximum atomic E-state index is 13.3. The number of benzene rings is 3. The van der Waals surface area contributed by atoms with Crippen LogP contribution in [0.3, 0.4) is 0 Å². The van der Waals surface area contributed by atoms with Crippen LogP contribution in [0.25, 0.3) is 0 Å². The molecule has 1 aliphatic rings. The summed E-state index contributed by atoms with van der Waals surface area (Å²) in [7, 11) is 1.66. The summed E-state index contributed by atoms with van der Waals surface area (Å²) in [5, 5.41) is 0.655. The standard InChI is InChI=1S/C27H29ClN2O4/c1-3-33-26-13-4-20(18-21(26)19-34-25-9-5-22(28)6-10-25)27(31)30-16-14-29(15-17-30)23-7-11-24(32-2)12-8-23/h4-13,18H,3,14-17,19H2,1-2H3. The summed E-state index contributed by atoms with van der Waals surface area (Å²) in [4.78, 5) is 17.4. The maximum Gasteiger partial charge on any atom is 0.253 e. The van der Waals surface area contributed by atoms with Gasteiger partial charge in [-0.3, -0.25) is 4.79 Å². The molecule has 0 saturated carbocycles. The van der Waals surface area contributed by atoms with Crippen molar-refractivity contribution in [1.82, 2.24) is 4.90 Å². The van der Waals surface area contributed by atoms with Crippen molar-refractivity contribution in [2.24, 2.45) is 0 Å². The lowest BCUT2D eigenvalue weighted by molar-refractivity contribution is 0.0746. The number of rotatable bonds is 8. The van der Waals surface area contributed by atoms with Crippen molar-refractivity contribution in [3.63, 3.8) is 0 Å². The van der Waals surface area contributed by atoms with Crippen LogP contribution in [-0.2, 0) is 6.61 Å². The predicted octanol–water partition coefficient (Wildman–Crippen LogP) is 5.29. The summed E-state index contributed by atoms with van der Waals surface area (Å²) < 4.78 is 16.9. The maximum absolute atomic E-state index is 13.3. The SMILES string of the molecule is CCOc1ccc(C(=O)N2CCN(c3ccc(OC)cc3)CC2)cc1COc1ccc(Cl)cc1. The highest BCUT2D eigenvalue weighted by Crippen LogP contribution is 2.25. The van der Waals surface area contributed by atoms with Crippen LogP contribution in [0, 0.1) is 0 Å². The molecule has 1 heterocycles. The van der Waals surface area contributed by atoms with Crippen LogP contribution in [0.15, 0.2) is 66.7 Å². The molecule has 7 heteroatoms. The molecule has 0 N–H and O–H groups in total. The van der Waals surface area contributed by atoms with Crippen molar-refractivity contribution >= 4 is 23.2 Å². The summed E-state index contributed by atoms with van der Waals surface area (Å²) in [6.07, 6.45) is 0. The van der Waals surface area contributed by atoms with Crippen molar-refractivity contribution in [2.75, 3.05) is 44.8 Å². The lowest BCUT2D eigenvalue weighted by Gasteiger charge is -2.36. The minimum Gasteiger partial charge on any atom is -0.497 e. The lowest BCUT2D eigenvalue weighted by atomic mass is 10.1. The Morgan fingerprint density at radius 2 is 1.56 bits per heavy atom. The highest BCUT2D eigenvalue weighted by Gasteiger charge is 2.23. The van der Waals surface area contributed by atoms with E-state index in [1.807, 2.05) is 54.3 Å². The van der Waals surface area contributed by atoms with E-state index in [-0.39, 0.29) is 5.91 Å². The normalized spacial score (nSPS) is 13.5. The second-order valence-corrected chi connectivity index (χ2v) is 8.41. The molecular weight excluding hydrogens is 452 g/mol. The van der Waals surface area contributed by atoms with E-state index in [0.29, 0.717) is 42.6 Å². The Labute approximate surface area is 205 Å². The van der Waals surface area contributed by atoms with Crippen molar-refractivity contribution < 1.29 is 19.0 Å². The van der Waals surface area contributed by atoms with Gasteiger partial charge in [0.25, 0.3) is 5.91 Å². The number of carbonyl (C=O) groups is 1. The summed E-state index contributed by atoms with van der Waals surface area (Å²) in [5.74, 6) is 2.28. The van der Waals surface area contributed by atoms with Gasteiger partial charge < -0.3 is 24.0 Å². The van der Waals surface area contributed by atoms with Gasteiger partial charge in [0.2, 0.25) is 0 Å². The highest BCUT2D eigenvalue weighted by atomic mass is 35.5. The van der Waals surface area contributed by atoms with Crippen LogP contribution in [0.1, 0.15) is 22.8 Å². The smallest absolute Gasteiger partial charge is 0.253 e. The summed E-state index contributed by atoms with van der Waals surface area (Å²) in [6, 6.07) is 20.8. The third-order valence-corrected chi connectivity index (χ3v) is 6.07. The van der Waals surface area contributed by atoms with Crippen LogP contribution in [0.2, 0.25) is 5.02 Å². The molecule has 0 atom stereocenters. The Kier molecular flexibility index (Phi) is 7.80. The quantitative estimate of drug-likeness (QED) is 0.438. The number of amides is 1. The van der Waals surface area contributed by atoms with E-state index in [4.69, 9.17) is 25.8 Å². The number of halogens is 1. The number of hydrogen-bond donors (Lipinski definition) is 0. The van der Waals surface area contributed by atoms with Gasteiger partial charge in [-0.25, -0.2) is 0 Å². The number of hydrogen-bond acceptors (Lipinski definition) is 5. The highest BCUT2D eigenvalue weighted by molar-refractivity contribution is 6.30. The number of nitrogens with zero attached hydrogens (tertiary/aromatic N) is 2. The van der Waals surface area contributed by atoms with E-state index < -0.39 is 0 Å². The van der Waals surface area contributed by atoms with Gasteiger partial charge in [-0.1, -0.05) is 11.6 Å². The number of anilines is 1. The zero-order chi connectivity index (χ0) is 23.9. The van der Waals surface area contributed by atoms with Gasteiger partial charge >= 0.3 is 0 Å². The zero-order valence-electron chi connectivity index (χ0n) is 19.5. The number of piperazine rings is 1. The fraction of sp³-hybridized carbons (Fsp3) is 0.296. The average molecular weight is 481 g/mol. The molecule has 0 radical (unpaired) electrons. The second kappa shape index (κ2) is 11.2. The molecule has 3 aromatic rings. The fourth-order valence-electron chi connectivity index (χ4n) is 3.96. The molecule has 0 unspecified atom stereocenters. The molecule has 1 fully saturated rings. The topological polar surface area (TPSA) is 51.2 Å². The Hall–Kier alpha value is -3.38. The molecule has 0 bridgehead atoms. The molecular formula is C27H29ClN2O4. The van der Waals surface area contributed by atoms with Crippen LogP contribution in [-0.4, -0.2) is 50.7 Å². The molecule has 4 rings (SSSR count). The van der Waals surface area contributed by atoms with Gasteiger partial charge in [0.15, 0.2) is 0 Å². The summed E-state index contributed by atoms with van der Waals surface area (Å²) in [5.41, 5.74) is 2.60. The molecule has 0 aliphatic carbocycles. The van der Waals surface area contributed by atoms with Crippen LogP contribution in [0.5, 0.6) is 17.2 Å². The molecule has 178 valence electrons. The van der Waals surface area contributed by atoms with Gasteiger partial charge in [0.05, 0.1) is 13.7 Å². The molecule has 6 nitrogen and oxygen atoms in total. The zero-order valence-corrected chi connectivity index (χ0v) is 20.3. The van der Waals surface area contributed by atoms with E-state index in [1.54, 1.807) is 19.2 Å². The number of methoxy groups -OCH3 is 1. The molecule has 0 aromatic heterocycles. The minimum absolute atomic E-state index is 0.0187. The van der Waals surface area contributed by atoms with Gasteiger partial charge in [0.1, 0.15) is 23.9 Å². The van der Waals surface area contributed by atoms with E-state index >= 15 is 0 Å². The summed E-state index contributed by atoms with van der Waals surface area (Å²) in [6.45, 7) is 5.65. The fourth-order valence-corrected chi connectivity index (χ4v) is 4.08. The Bertz CT molecular complexity index is 1090. The van der Waals surface area contributed by atoms with Crippen LogP contribution >= 0.6 is 11.6 Å². The lowest BCUT2D eigenvalue weighted by Crippen LogP contribution is -2.48. The molecule has 1 amide bonds. The molecule has 1 aliphatic heterocycles. The average Bonchev–Trinajstić information content (AvgIpc) is 2.89. The van der Waals surface area contributed by atoms with Crippen molar-refractivity contribution in [2.45, 2.75) is 13.5 Å². The second-order valence-electron chi connectivity index (χ2n) is 7.98. The van der Waals surface area contributed by atoms with Crippen LogP contribution < -0.4 is 19.1 Å². The monoisotopic (exact) mass is 480 g/mol. The summed E-state index contributed by atoms with van der Waals surface area (Å²) >= 11 is 5.96. The predicted molar refractivity (Wildman–Crippen MR) is 135 cm³/mol. The van der Waals surface area contributed by atoms with E-state index in [9.17, 15) is 4.79 Å². The Morgan fingerprint density at radius 3 is 2.21 bits per heavy atom. The van der Waals surface area contributed by atoms with Crippen molar-refractivity contribution in [3.05, 3.63) is 82.9 Å². The minimum atomic E-state index is 0.0187. The van der Waals surface area contributed by atoms with Crippen molar-refractivity contribution in [1.29, 1.82) is 0 Å². The molecule has 0 spiro atoms.